The smallest absolute Gasteiger partial charge is 0.225 e. The third-order valence-corrected chi connectivity index (χ3v) is 2.75. The molecule has 0 unspecified atom stereocenters. The Morgan fingerprint density at radius 2 is 1.79 bits per heavy atom. The third-order valence-electron chi connectivity index (χ3n) is 2.75. The lowest BCUT2D eigenvalue weighted by molar-refractivity contribution is -0.129. The van der Waals surface area contributed by atoms with Crippen LogP contribution in [-0.2, 0) is 9.53 Å². The molecule has 0 spiro atoms. The Balaban J connectivity index is 3.94. The van der Waals surface area contributed by atoms with E-state index < -0.39 is 0 Å². The molecule has 112 valence electrons. The van der Waals surface area contributed by atoms with Gasteiger partial charge in [0.1, 0.15) is 0 Å². The number of nitrogens with one attached hydrogen (secondary N) is 1. The van der Waals surface area contributed by atoms with Gasteiger partial charge in [-0.3, -0.25) is 4.79 Å². The standard InChI is InChI=1S/C16H31NO2/c1-13(2)11-17-15(18)16(5,6)9-7-8-10-19-12-14(3)4/h7-8,13-14H,9-12H2,1-6H3,(H,17,18)/b8-7+. The topological polar surface area (TPSA) is 38.3 Å². The van der Waals surface area contributed by atoms with Crippen molar-refractivity contribution in [2.75, 3.05) is 19.8 Å². The summed E-state index contributed by atoms with van der Waals surface area (Å²) < 4.78 is 5.46. The quantitative estimate of drug-likeness (QED) is 0.514. The van der Waals surface area contributed by atoms with Crippen LogP contribution in [0.15, 0.2) is 12.2 Å². The van der Waals surface area contributed by atoms with Gasteiger partial charge in [0.2, 0.25) is 5.91 Å². The Morgan fingerprint density at radius 3 is 2.32 bits per heavy atom. The molecule has 0 heterocycles. The van der Waals surface area contributed by atoms with Gasteiger partial charge in [-0.25, -0.2) is 0 Å². The van der Waals surface area contributed by atoms with Gasteiger partial charge in [-0.2, -0.15) is 0 Å². The summed E-state index contributed by atoms with van der Waals surface area (Å²) in [4.78, 5) is 12.0. The van der Waals surface area contributed by atoms with Gasteiger partial charge in [0.15, 0.2) is 0 Å². The summed E-state index contributed by atoms with van der Waals surface area (Å²) in [5.41, 5.74) is -0.358. The van der Waals surface area contributed by atoms with E-state index in [1.165, 1.54) is 0 Å². The average Bonchev–Trinajstić information content (AvgIpc) is 2.29. The molecule has 3 nitrogen and oxygen atoms in total. The Kier molecular flexibility index (Phi) is 8.73. The highest BCUT2D eigenvalue weighted by Crippen LogP contribution is 2.21. The van der Waals surface area contributed by atoms with Crippen molar-refractivity contribution in [1.82, 2.24) is 5.32 Å². The fourth-order valence-electron chi connectivity index (χ4n) is 1.45. The number of rotatable bonds is 9. The lowest BCUT2D eigenvalue weighted by Crippen LogP contribution is -2.38. The maximum atomic E-state index is 12.0. The monoisotopic (exact) mass is 269 g/mol. The van der Waals surface area contributed by atoms with Crippen LogP contribution in [0.3, 0.4) is 0 Å². The van der Waals surface area contributed by atoms with Crippen molar-refractivity contribution in [3.8, 4) is 0 Å². The summed E-state index contributed by atoms with van der Waals surface area (Å²) in [6, 6.07) is 0. The molecule has 0 radical (unpaired) electrons. The van der Waals surface area contributed by atoms with Crippen molar-refractivity contribution in [2.45, 2.75) is 48.0 Å². The summed E-state index contributed by atoms with van der Waals surface area (Å²) in [6.07, 6.45) is 4.77. The van der Waals surface area contributed by atoms with Crippen LogP contribution >= 0.6 is 0 Å². The molecule has 0 saturated carbocycles. The second-order valence-corrected chi connectivity index (χ2v) is 6.59. The molecule has 19 heavy (non-hydrogen) atoms. The predicted molar refractivity (Wildman–Crippen MR) is 81.0 cm³/mol. The summed E-state index contributed by atoms with van der Waals surface area (Å²) in [5, 5.41) is 2.99. The molecule has 0 atom stereocenters. The fraction of sp³-hybridized carbons (Fsp3) is 0.812. The minimum atomic E-state index is -0.358. The zero-order chi connectivity index (χ0) is 14.9. The number of carbonyl (C=O) groups excluding carboxylic acids is 1. The molecular formula is C16H31NO2. The van der Waals surface area contributed by atoms with E-state index in [1.54, 1.807) is 0 Å². The van der Waals surface area contributed by atoms with E-state index in [9.17, 15) is 4.79 Å². The van der Waals surface area contributed by atoms with Crippen LogP contribution < -0.4 is 5.32 Å². The van der Waals surface area contributed by atoms with Gasteiger partial charge >= 0.3 is 0 Å². The highest BCUT2D eigenvalue weighted by molar-refractivity contribution is 5.81. The first-order valence-corrected chi connectivity index (χ1v) is 7.26. The predicted octanol–water partition coefficient (Wildman–Crippen LogP) is 3.40. The molecule has 1 amide bonds. The molecule has 0 aromatic carbocycles. The normalized spacial score (nSPS) is 12.6. The zero-order valence-corrected chi connectivity index (χ0v) is 13.5. The molecule has 0 aliphatic carbocycles. The van der Waals surface area contributed by atoms with Gasteiger partial charge in [0, 0.05) is 18.6 Å². The minimum absolute atomic E-state index is 0.119. The Hall–Kier alpha value is -0.830. The molecule has 1 N–H and O–H groups in total. The molecular weight excluding hydrogens is 238 g/mol. The number of allylic oxidation sites excluding steroid dienone is 1. The van der Waals surface area contributed by atoms with Crippen molar-refractivity contribution < 1.29 is 9.53 Å². The lowest BCUT2D eigenvalue weighted by Gasteiger charge is -2.22. The van der Waals surface area contributed by atoms with Crippen LogP contribution in [0.2, 0.25) is 0 Å². The fourth-order valence-corrected chi connectivity index (χ4v) is 1.45. The van der Waals surface area contributed by atoms with E-state index in [0.717, 1.165) is 19.6 Å². The van der Waals surface area contributed by atoms with Crippen LogP contribution in [-0.4, -0.2) is 25.7 Å². The summed E-state index contributed by atoms with van der Waals surface area (Å²) in [7, 11) is 0. The molecule has 0 aromatic rings. The van der Waals surface area contributed by atoms with Gasteiger partial charge in [-0.05, 0) is 18.3 Å². The minimum Gasteiger partial charge on any atom is -0.377 e. The highest BCUT2D eigenvalue weighted by atomic mass is 16.5. The van der Waals surface area contributed by atoms with E-state index in [4.69, 9.17) is 4.74 Å². The second kappa shape index (κ2) is 9.13. The van der Waals surface area contributed by atoms with Gasteiger partial charge in [0.25, 0.3) is 0 Å². The van der Waals surface area contributed by atoms with Crippen molar-refractivity contribution >= 4 is 5.91 Å². The molecule has 0 aliphatic heterocycles. The van der Waals surface area contributed by atoms with Crippen molar-refractivity contribution in [1.29, 1.82) is 0 Å². The first-order chi connectivity index (χ1) is 8.75. The average molecular weight is 269 g/mol. The molecule has 0 saturated heterocycles. The molecule has 0 fully saturated rings. The molecule has 3 heteroatoms. The number of amides is 1. The van der Waals surface area contributed by atoms with Crippen LogP contribution in [0.25, 0.3) is 0 Å². The van der Waals surface area contributed by atoms with Crippen molar-refractivity contribution in [2.24, 2.45) is 17.3 Å². The van der Waals surface area contributed by atoms with E-state index in [-0.39, 0.29) is 11.3 Å². The maximum absolute atomic E-state index is 12.0. The Morgan fingerprint density at radius 1 is 1.16 bits per heavy atom. The van der Waals surface area contributed by atoms with Crippen molar-refractivity contribution in [3.63, 3.8) is 0 Å². The first kappa shape index (κ1) is 18.2. The SMILES string of the molecule is CC(C)CNC(=O)C(C)(C)C/C=C/COCC(C)C. The maximum Gasteiger partial charge on any atom is 0.225 e. The number of carbonyl (C=O) groups is 1. The number of hydrogen-bond acceptors (Lipinski definition) is 2. The Bertz CT molecular complexity index is 280. The number of hydrogen-bond donors (Lipinski definition) is 1. The van der Waals surface area contributed by atoms with E-state index >= 15 is 0 Å². The van der Waals surface area contributed by atoms with E-state index in [1.807, 2.05) is 26.0 Å². The largest absolute Gasteiger partial charge is 0.377 e. The van der Waals surface area contributed by atoms with Crippen LogP contribution in [0.1, 0.15) is 48.0 Å². The van der Waals surface area contributed by atoms with Gasteiger partial charge in [-0.15, -0.1) is 0 Å². The van der Waals surface area contributed by atoms with Crippen LogP contribution in [0, 0.1) is 17.3 Å². The van der Waals surface area contributed by atoms with Gasteiger partial charge in [0.05, 0.1) is 6.61 Å². The van der Waals surface area contributed by atoms with Crippen LogP contribution in [0.5, 0.6) is 0 Å². The lowest BCUT2D eigenvalue weighted by atomic mass is 9.88. The first-order valence-electron chi connectivity index (χ1n) is 7.26. The number of ether oxygens (including phenoxy) is 1. The highest BCUT2D eigenvalue weighted by Gasteiger charge is 2.25. The molecule has 0 bridgehead atoms. The van der Waals surface area contributed by atoms with Crippen molar-refractivity contribution in [3.05, 3.63) is 12.2 Å². The van der Waals surface area contributed by atoms with Crippen LogP contribution in [0.4, 0.5) is 0 Å². The van der Waals surface area contributed by atoms with Gasteiger partial charge in [-0.1, -0.05) is 53.7 Å². The third kappa shape index (κ3) is 9.71. The van der Waals surface area contributed by atoms with Gasteiger partial charge < -0.3 is 10.1 Å². The van der Waals surface area contributed by atoms with E-state index in [0.29, 0.717) is 18.4 Å². The Labute approximate surface area is 118 Å². The molecule has 0 aromatic heterocycles. The summed E-state index contributed by atoms with van der Waals surface area (Å²) in [6.45, 7) is 14.5. The molecule has 0 aliphatic rings. The van der Waals surface area contributed by atoms with E-state index in [2.05, 4.69) is 33.0 Å². The summed E-state index contributed by atoms with van der Waals surface area (Å²) in [5.74, 6) is 1.17. The molecule has 0 rings (SSSR count). The summed E-state index contributed by atoms with van der Waals surface area (Å²) >= 11 is 0. The zero-order valence-electron chi connectivity index (χ0n) is 13.5. The second-order valence-electron chi connectivity index (χ2n) is 6.59.